The highest BCUT2D eigenvalue weighted by molar-refractivity contribution is 5.86. The van der Waals surface area contributed by atoms with Crippen molar-refractivity contribution in [2.45, 2.75) is 50.5 Å². The number of nitro groups is 1. The minimum atomic E-state index is -1.12. The monoisotopic (exact) mass is 406 g/mol. The van der Waals surface area contributed by atoms with E-state index < -0.39 is 28.8 Å². The molecule has 0 unspecified atom stereocenters. The lowest BCUT2D eigenvalue weighted by molar-refractivity contribution is -0.384. The van der Waals surface area contributed by atoms with Gasteiger partial charge in [-0.1, -0.05) is 25.0 Å². The number of nitro benzene ring substituents is 1. The van der Waals surface area contributed by atoms with Gasteiger partial charge >= 0.3 is 11.9 Å². The third-order valence-corrected chi connectivity index (χ3v) is 5.27. The van der Waals surface area contributed by atoms with Gasteiger partial charge in [0.1, 0.15) is 6.04 Å². The Kier molecular flexibility index (Phi) is 8.11. The first-order chi connectivity index (χ1) is 13.8. The van der Waals surface area contributed by atoms with E-state index in [1.165, 1.54) is 38.5 Å². The molecule has 0 aliphatic heterocycles. The second kappa shape index (κ2) is 10.5. The molecule has 0 spiro atoms. The highest BCUT2D eigenvalue weighted by Gasteiger charge is 2.34. The summed E-state index contributed by atoms with van der Waals surface area (Å²) >= 11 is 0. The highest BCUT2D eigenvalue weighted by atomic mass is 16.6. The van der Waals surface area contributed by atoms with Crippen LogP contribution in [0.3, 0.4) is 0 Å². The maximum atomic E-state index is 12.5. The fourth-order valence-corrected chi connectivity index (χ4v) is 3.69. The van der Waals surface area contributed by atoms with Crippen molar-refractivity contribution < 1.29 is 28.8 Å². The number of non-ortho nitro benzene ring substituents is 1. The van der Waals surface area contributed by atoms with Gasteiger partial charge in [0.2, 0.25) is 5.91 Å². The largest absolute Gasteiger partial charge is 0.469 e. The summed E-state index contributed by atoms with van der Waals surface area (Å²) in [6, 6.07) is 4.38. The van der Waals surface area contributed by atoms with Crippen molar-refractivity contribution in [2.75, 3.05) is 14.2 Å². The van der Waals surface area contributed by atoms with Gasteiger partial charge in [-0.3, -0.25) is 19.7 Å². The van der Waals surface area contributed by atoms with Gasteiger partial charge in [-0.05, 0) is 24.3 Å². The Morgan fingerprint density at radius 2 is 1.76 bits per heavy atom. The van der Waals surface area contributed by atoms with Crippen LogP contribution < -0.4 is 5.32 Å². The van der Waals surface area contributed by atoms with E-state index >= 15 is 0 Å². The normalized spacial score (nSPS) is 15.9. The molecule has 0 bridgehead atoms. The molecule has 2 atom stereocenters. The number of methoxy groups -OCH3 is 2. The van der Waals surface area contributed by atoms with Crippen LogP contribution in [0, 0.1) is 16.0 Å². The molecule has 0 heterocycles. The van der Waals surface area contributed by atoms with Crippen LogP contribution in [-0.4, -0.2) is 43.0 Å². The van der Waals surface area contributed by atoms with Gasteiger partial charge in [-0.2, -0.15) is 0 Å². The minimum Gasteiger partial charge on any atom is -0.469 e. The molecule has 2 rings (SSSR count). The van der Waals surface area contributed by atoms with Gasteiger partial charge < -0.3 is 14.8 Å². The Morgan fingerprint density at radius 3 is 2.28 bits per heavy atom. The molecule has 29 heavy (non-hydrogen) atoms. The summed E-state index contributed by atoms with van der Waals surface area (Å²) in [5.74, 6) is -2.07. The molecule has 1 aromatic rings. The van der Waals surface area contributed by atoms with Gasteiger partial charge in [0.25, 0.3) is 5.69 Å². The molecular weight excluding hydrogens is 380 g/mol. The standard InChI is InChI=1S/C20H26N2O7/c1-28-18(24)12-16(14-7-9-15(10-8-14)22(26)27)19(20(25)29-2)21-17(23)11-13-5-3-4-6-13/h7-10,13,16,19H,3-6,11-12H2,1-2H3,(H,21,23)/t16-,19-/m0/s1. The second-order valence-corrected chi connectivity index (χ2v) is 7.16. The van der Waals surface area contributed by atoms with Crippen LogP contribution in [0.5, 0.6) is 0 Å². The smallest absolute Gasteiger partial charge is 0.329 e. The molecule has 1 fully saturated rings. The number of hydrogen-bond donors (Lipinski definition) is 1. The van der Waals surface area contributed by atoms with Crippen molar-refractivity contribution >= 4 is 23.5 Å². The first kappa shape index (κ1) is 22.3. The van der Waals surface area contributed by atoms with Crippen LogP contribution in [0.1, 0.15) is 50.0 Å². The van der Waals surface area contributed by atoms with E-state index in [9.17, 15) is 24.5 Å². The summed E-state index contributed by atoms with van der Waals surface area (Å²) in [5.41, 5.74) is 0.364. The number of ether oxygens (including phenoxy) is 2. The number of hydrogen-bond acceptors (Lipinski definition) is 7. The summed E-state index contributed by atoms with van der Waals surface area (Å²) in [4.78, 5) is 47.3. The maximum absolute atomic E-state index is 12.5. The Hall–Kier alpha value is -2.97. The Bertz CT molecular complexity index is 742. The van der Waals surface area contributed by atoms with Crippen molar-refractivity contribution in [1.29, 1.82) is 0 Å². The number of amides is 1. The van der Waals surface area contributed by atoms with Crippen LogP contribution >= 0.6 is 0 Å². The summed E-state index contributed by atoms with van der Waals surface area (Å²) < 4.78 is 9.58. The number of nitrogens with zero attached hydrogens (tertiary/aromatic N) is 1. The second-order valence-electron chi connectivity index (χ2n) is 7.16. The zero-order valence-electron chi connectivity index (χ0n) is 16.6. The minimum absolute atomic E-state index is 0.120. The predicted octanol–water partition coefficient (Wildman–Crippen LogP) is 2.48. The zero-order valence-corrected chi connectivity index (χ0v) is 16.6. The number of carbonyl (C=O) groups excluding carboxylic acids is 3. The molecule has 0 radical (unpaired) electrons. The zero-order chi connectivity index (χ0) is 21.4. The lowest BCUT2D eigenvalue weighted by Gasteiger charge is -2.26. The Morgan fingerprint density at radius 1 is 1.14 bits per heavy atom. The van der Waals surface area contributed by atoms with Gasteiger partial charge in [-0.15, -0.1) is 0 Å². The fraction of sp³-hybridized carbons (Fsp3) is 0.550. The molecule has 1 aromatic carbocycles. The third kappa shape index (κ3) is 6.27. The van der Waals surface area contributed by atoms with Crippen LogP contribution in [0.4, 0.5) is 5.69 Å². The Balaban J connectivity index is 2.27. The lowest BCUT2D eigenvalue weighted by atomic mass is 9.87. The van der Waals surface area contributed by atoms with E-state index in [0.717, 1.165) is 25.7 Å². The first-order valence-electron chi connectivity index (χ1n) is 9.54. The molecule has 1 aliphatic carbocycles. The van der Waals surface area contributed by atoms with Crippen LogP contribution in [-0.2, 0) is 23.9 Å². The lowest BCUT2D eigenvalue weighted by Crippen LogP contribution is -2.46. The third-order valence-electron chi connectivity index (χ3n) is 5.27. The van der Waals surface area contributed by atoms with E-state index in [-0.39, 0.29) is 23.9 Å². The molecule has 1 saturated carbocycles. The molecule has 1 N–H and O–H groups in total. The number of nitrogens with one attached hydrogen (secondary N) is 1. The Labute approximate surface area is 168 Å². The molecule has 1 amide bonds. The van der Waals surface area contributed by atoms with E-state index in [4.69, 9.17) is 9.47 Å². The highest BCUT2D eigenvalue weighted by Crippen LogP contribution is 2.29. The van der Waals surface area contributed by atoms with Crippen LogP contribution in [0.25, 0.3) is 0 Å². The molecule has 9 nitrogen and oxygen atoms in total. The maximum Gasteiger partial charge on any atom is 0.329 e. The number of carbonyl (C=O) groups is 3. The van der Waals surface area contributed by atoms with Gasteiger partial charge in [-0.25, -0.2) is 4.79 Å². The fourth-order valence-electron chi connectivity index (χ4n) is 3.69. The van der Waals surface area contributed by atoms with Crippen molar-refractivity contribution in [3.63, 3.8) is 0 Å². The van der Waals surface area contributed by atoms with Crippen LogP contribution in [0.15, 0.2) is 24.3 Å². The topological polar surface area (TPSA) is 125 Å². The molecule has 0 aromatic heterocycles. The molecule has 0 saturated heterocycles. The van der Waals surface area contributed by atoms with E-state index in [0.29, 0.717) is 12.0 Å². The van der Waals surface area contributed by atoms with Gasteiger partial charge in [0.15, 0.2) is 0 Å². The predicted molar refractivity (Wildman–Crippen MR) is 103 cm³/mol. The summed E-state index contributed by atoms with van der Waals surface area (Å²) in [6.07, 6.45) is 4.24. The van der Waals surface area contributed by atoms with E-state index in [1.807, 2.05) is 0 Å². The molecule has 158 valence electrons. The van der Waals surface area contributed by atoms with E-state index in [2.05, 4.69) is 5.32 Å². The first-order valence-corrected chi connectivity index (χ1v) is 9.54. The van der Waals surface area contributed by atoms with E-state index in [1.54, 1.807) is 0 Å². The SMILES string of the molecule is COC(=O)C[C@@H](c1ccc([N+](=O)[O-])cc1)[C@H](NC(=O)CC1CCCC1)C(=O)OC. The molecule has 1 aliphatic rings. The van der Waals surface area contributed by atoms with Crippen LogP contribution in [0.2, 0.25) is 0 Å². The van der Waals surface area contributed by atoms with Gasteiger partial charge in [0, 0.05) is 24.5 Å². The molecule has 9 heteroatoms. The molecular formula is C20H26N2O7. The van der Waals surface area contributed by atoms with Crippen molar-refractivity contribution in [1.82, 2.24) is 5.32 Å². The summed E-state index contributed by atoms with van der Waals surface area (Å²) in [6.45, 7) is 0. The van der Waals surface area contributed by atoms with Crippen molar-refractivity contribution in [3.05, 3.63) is 39.9 Å². The van der Waals surface area contributed by atoms with Crippen molar-refractivity contribution in [3.8, 4) is 0 Å². The summed E-state index contributed by atoms with van der Waals surface area (Å²) in [5, 5.41) is 13.6. The number of rotatable bonds is 9. The quantitative estimate of drug-likeness (QED) is 0.379. The van der Waals surface area contributed by atoms with Crippen molar-refractivity contribution in [2.24, 2.45) is 5.92 Å². The number of esters is 2. The van der Waals surface area contributed by atoms with Gasteiger partial charge in [0.05, 0.1) is 25.6 Å². The number of benzene rings is 1. The average molecular weight is 406 g/mol. The summed E-state index contributed by atoms with van der Waals surface area (Å²) in [7, 11) is 2.42. The average Bonchev–Trinajstić information content (AvgIpc) is 3.22.